The van der Waals surface area contributed by atoms with Crippen LogP contribution >= 0.6 is 11.3 Å². The normalized spacial score (nSPS) is 13.9. The molecule has 0 spiro atoms. The monoisotopic (exact) mass is 514 g/mol. The number of rotatable bonds is 8. The number of carbonyl (C=O) groups excluding carboxylic acids is 2. The number of thiazole rings is 1. The minimum absolute atomic E-state index is 0.0277. The second kappa shape index (κ2) is 10.3. The van der Waals surface area contributed by atoms with E-state index in [1.54, 1.807) is 30.3 Å². The van der Waals surface area contributed by atoms with Gasteiger partial charge in [-0.1, -0.05) is 42.4 Å². The molecule has 2 heterocycles. The molecule has 3 N–H and O–H groups in total. The summed E-state index contributed by atoms with van der Waals surface area (Å²) in [5.74, 6) is -1.37. The van der Waals surface area contributed by atoms with Gasteiger partial charge >= 0.3 is 12.0 Å². The summed E-state index contributed by atoms with van der Waals surface area (Å²) in [5.41, 5.74) is 0.518. The van der Waals surface area contributed by atoms with Crippen molar-refractivity contribution < 1.29 is 27.9 Å². The molecule has 1 aromatic carbocycles. The maximum atomic E-state index is 13.0. The maximum Gasteiger partial charge on any atom is 0.325 e. The second-order valence-corrected chi connectivity index (χ2v) is 11.1. The molecule has 0 aliphatic heterocycles. The number of aromatic nitrogens is 2. The molecule has 2 aromatic heterocycles. The fourth-order valence-electron chi connectivity index (χ4n) is 3.92. The SMILES string of the molecule is O=C(O)Cc1nc(NC(=O)Nc2ccccc2C(=O)C2CCCC2)sc1S(=O)(=O)c1ccccn1. The smallest absolute Gasteiger partial charge is 0.325 e. The molecule has 2 amide bonds. The Labute approximate surface area is 205 Å². The fourth-order valence-corrected chi connectivity index (χ4v) is 6.64. The third kappa shape index (κ3) is 5.54. The molecule has 0 unspecified atom stereocenters. The van der Waals surface area contributed by atoms with Gasteiger partial charge in [0.2, 0.25) is 9.84 Å². The number of benzene rings is 1. The quantitative estimate of drug-likeness (QED) is 0.381. The number of hydrogen-bond donors (Lipinski definition) is 3. The maximum absolute atomic E-state index is 13.0. The van der Waals surface area contributed by atoms with Gasteiger partial charge in [0.1, 0.15) is 0 Å². The van der Waals surface area contributed by atoms with Crippen LogP contribution in [-0.2, 0) is 21.1 Å². The van der Waals surface area contributed by atoms with Gasteiger partial charge in [0.25, 0.3) is 0 Å². The second-order valence-electron chi connectivity index (χ2n) is 7.97. The van der Waals surface area contributed by atoms with Gasteiger partial charge in [-0.2, -0.15) is 0 Å². The Balaban J connectivity index is 1.57. The van der Waals surface area contributed by atoms with E-state index in [9.17, 15) is 27.9 Å². The minimum atomic E-state index is -4.15. The number of aliphatic carboxylic acids is 1. The number of amides is 2. The lowest BCUT2D eigenvalue weighted by atomic mass is 9.95. The number of pyridine rings is 1. The van der Waals surface area contributed by atoms with Crippen molar-refractivity contribution in [2.45, 2.75) is 41.3 Å². The van der Waals surface area contributed by atoms with Crippen molar-refractivity contribution in [2.24, 2.45) is 5.92 Å². The summed E-state index contributed by atoms with van der Waals surface area (Å²) >= 11 is 0.632. The Bertz CT molecular complexity index is 1370. The molecule has 3 aromatic rings. The predicted molar refractivity (Wildman–Crippen MR) is 129 cm³/mol. The number of nitrogens with one attached hydrogen (secondary N) is 2. The van der Waals surface area contributed by atoms with Crippen molar-refractivity contribution >= 4 is 49.8 Å². The van der Waals surface area contributed by atoms with Gasteiger partial charge in [-0.3, -0.25) is 14.9 Å². The average molecular weight is 515 g/mol. The number of carbonyl (C=O) groups is 3. The lowest BCUT2D eigenvalue weighted by Gasteiger charge is -2.13. The summed E-state index contributed by atoms with van der Waals surface area (Å²) in [6.45, 7) is 0. The molecule has 4 rings (SSSR count). The number of carboxylic acids is 1. The molecule has 0 atom stereocenters. The summed E-state index contributed by atoms with van der Waals surface area (Å²) in [7, 11) is -4.15. The zero-order valence-electron chi connectivity index (χ0n) is 18.4. The molecular weight excluding hydrogens is 492 g/mol. The number of sulfone groups is 1. The standard InChI is InChI=1S/C23H22N4O6S2/c28-19(29)13-17-21(35(32,33)18-11-5-6-12-24-18)34-23(26-17)27-22(31)25-16-10-4-3-9-15(16)20(30)14-7-1-2-8-14/h3-6,9-12,14H,1-2,7-8,13H2,(H,28,29)(H2,25,26,27,31). The number of carboxylic acid groups (broad SMARTS) is 1. The van der Waals surface area contributed by atoms with E-state index >= 15 is 0 Å². The van der Waals surface area contributed by atoms with Gasteiger partial charge < -0.3 is 10.4 Å². The van der Waals surface area contributed by atoms with Crippen molar-refractivity contribution in [3.05, 3.63) is 59.9 Å². The highest BCUT2D eigenvalue weighted by molar-refractivity contribution is 7.93. The number of nitrogens with zero attached hydrogens (tertiary/aromatic N) is 2. The van der Waals surface area contributed by atoms with Crippen LogP contribution in [0.3, 0.4) is 0 Å². The number of ketones is 1. The lowest BCUT2D eigenvalue weighted by Crippen LogP contribution is -2.22. The summed E-state index contributed by atoms with van der Waals surface area (Å²) < 4.78 is 25.7. The number of hydrogen-bond acceptors (Lipinski definition) is 8. The van der Waals surface area contributed by atoms with Crippen molar-refractivity contribution in [3.63, 3.8) is 0 Å². The third-order valence-corrected chi connectivity index (χ3v) is 8.76. The van der Waals surface area contributed by atoms with Gasteiger partial charge in [-0.15, -0.1) is 0 Å². The molecule has 0 saturated heterocycles. The molecule has 0 bridgehead atoms. The topological polar surface area (TPSA) is 155 Å². The van der Waals surface area contributed by atoms with Crippen LogP contribution < -0.4 is 10.6 Å². The first-order chi connectivity index (χ1) is 16.8. The summed E-state index contributed by atoms with van der Waals surface area (Å²) in [5, 5.41) is 13.9. The Morgan fingerprint density at radius 2 is 1.74 bits per heavy atom. The van der Waals surface area contributed by atoms with E-state index in [4.69, 9.17) is 0 Å². The molecule has 1 saturated carbocycles. The van der Waals surface area contributed by atoms with E-state index in [0.717, 1.165) is 25.7 Å². The van der Waals surface area contributed by atoms with Crippen LogP contribution in [-0.4, -0.2) is 41.3 Å². The number of para-hydroxylation sites is 1. The van der Waals surface area contributed by atoms with Crippen molar-refractivity contribution in [2.75, 3.05) is 10.6 Å². The first kappa shape index (κ1) is 24.5. The molecular formula is C23H22N4O6S2. The lowest BCUT2D eigenvalue weighted by molar-refractivity contribution is -0.136. The molecule has 0 radical (unpaired) electrons. The van der Waals surface area contributed by atoms with Crippen molar-refractivity contribution in [3.8, 4) is 0 Å². The van der Waals surface area contributed by atoms with E-state index in [0.29, 0.717) is 22.6 Å². The molecule has 1 aliphatic carbocycles. The van der Waals surface area contributed by atoms with Gasteiger partial charge in [0, 0.05) is 17.7 Å². The Morgan fingerprint density at radius 1 is 1.03 bits per heavy atom. The van der Waals surface area contributed by atoms with Crippen molar-refractivity contribution in [1.29, 1.82) is 0 Å². The fraction of sp³-hybridized carbons (Fsp3) is 0.261. The molecule has 10 nitrogen and oxygen atoms in total. The van der Waals surface area contributed by atoms with Crippen LogP contribution in [0.4, 0.5) is 15.6 Å². The van der Waals surface area contributed by atoms with E-state index < -0.39 is 28.3 Å². The van der Waals surface area contributed by atoms with E-state index in [-0.39, 0.29) is 31.8 Å². The first-order valence-electron chi connectivity index (χ1n) is 10.8. The largest absolute Gasteiger partial charge is 0.481 e. The van der Waals surface area contributed by atoms with Crippen LogP contribution in [0.5, 0.6) is 0 Å². The molecule has 12 heteroatoms. The Morgan fingerprint density at radius 3 is 2.43 bits per heavy atom. The number of urea groups is 1. The van der Waals surface area contributed by atoms with Crippen LogP contribution in [0.1, 0.15) is 41.7 Å². The van der Waals surface area contributed by atoms with E-state index in [1.165, 1.54) is 18.3 Å². The number of Topliss-reactive ketones (excluding diaryl/α,β-unsaturated/α-hetero) is 1. The highest BCUT2D eigenvalue weighted by atomic mass is 32.2. The summed E-state index contributed by atoms with van der Waals surface area (Å²) in [6.07, 6.45) is 4.29. The third-order valence-electron chi connectivity index (χ3n) is 5.52. The molecule has 1 fully saturated rings. The highest BCUT2D eigenvalue weighted by Gasteiger charge is 2.29. The summed E-state index contributed by atoms with van der Waals surface area (Å²) in [6, 6.07) is 10.3. The molecule has 182 valence electrons. The minimum Gasteiger partial charge on any atom is -0.481 e. The van der Waals surface area contributed by atoms with E-state index in [2.05, 4.69) is 20.6 Å². The van der Waals surface area contributed by atoms with Crippen LogP contribution in [0, 0.1) is 5.92 Å². The predicted octanol–water partition coefficient (Wildman–Crippen LogP) is 4.01. The first-order valence-corrected chi connectivity index (χ1v) is 13.1. The van der Waals surface area contributed by atoms with Gasteiger partial charge in [-0.05, 0) is 37.1 Å². The van der Waals surface area contributed by atoms with Crippen molar-refractivity contribution in [1.82, 2.24) is 9.97 Å². The van der Waals surface area contributed by atoms with Gasteiger partial charge in [-0.25, -0.2) is 23.2 Å². The van der Waals surface area contributed by atoms with Gasteiger partial charge in [0.05, 0.1) is 17.8 Å². The molecule has 35 heavy (non-hydrogen) atoms. The van der Waals surface area contributed by atoms with Crippen LogP contribution in [0.25, 0.3) is 0 Å². The average Bonchev–Trinajstić information content (AvgIpc) is 3.50. The Hall–Kier alpha value is -3.64. The zero-order chi connectivity index (χ0) is 25.0. The number of anilines is 2. The van der Waals surface area contributed by atoms with E-state index in [1.807, 2.05) is 0 Å². The van der Waals surface area contributed by atoms with Crippen LogP contribution in [0.15, 0.2) is 57.9 Å². The summed E-state index contributed by atoms with van der Waals surface area (Å²) in [4.78, 5) is 44.8. The van der Waals surface area contributed by atoms with Crippen LogP contribution in [0.2, 0.25) is 0 Å². The van der Waals surface area contributed by atoms with Gasteiger partial charge in [0.15, 0.2) is 20.1 Å². The zero-order valence-corrected chi connectivity index (χ0v) is 20.1. The Kier molecular flexibility index (Phi) is 7.22. The highest BCUT2D eigenvalue weighted by Crippen LogP contribution is 2.33. The molecule has 1 aliphatic rings.